The van der Waals surface area contributed by atoms with Crippen LogP contribution >= 0.6 is 0 Å². The van der Waals surface area contributed by atoms with Crippen LogP contribution in [0.2, 0.25) is 0 Å². The molecule has 206 valence electrons. The van der Waals surface area contributed by atoms with Gasteiger partial charge in [-0.2, -0.15) is 0 Å². The Hall–Kier alpha value is -1.99. The minimum Gasteiger partial charge on any atom is -0.481 e. The maximum Gasteiger partial charge on any atom is 0.407 e. The van der Waals surface area contributed by atoms with Crippen LogP contribution in [0.1, 0.15) is 46.5 Å². The zero-order chi connectivity index (χ0) is 26.2. The standard InChI is InChI=1S/C23H43NO11/c1-23(2,3)35-22(28)24-8-9-29-10-11-30-12-13-31-14-15-32-16-17-33-18-19-34-21(27)7-5-4-6-20(25)26/h4-19H2,1-3H3,(H,24,28)(H,25,26). The number of rotatable bonds is 23. The Kier molecular flexibility index (Phi) is 21.2. The first kappa shape index (κ1) is 33.0. The Morgan fingerprint density at radius 1 is 0.657 bits per heavy atom. The lowest BCUT2D eigenvalue weighted by Gasteiger charge is -2.19. The second-order valence-electron chi connectivity index (χ2n) is 8.31. The number of carboxylic acid groups (broad SMARTS) is 1. The van der Waals surface area contributed by atoms with Crippen LogP contribution in [0.3, 0.4) is 0 Å². The number of ether oxygens (including phenoxy) is 7. The van der Waals surface area contributed by atoms with Crippen molar-refractivity contribution in [3.63, 3.8) is 0 Å². The monoisotopic (exact) mass is 509 g/mol. The molecule has 0 aliphatic heterocycles. The Bertz CT molecular complexity index is 552. The minimum atomic E-state index is -0.865. The van der Waals surface area contributed by atoms with Gasteiger partial charge in [0.25, 0.3) is 0 Å². The largest absolute Gasteiger partial charge is 0.481 e. The van der Waals surface area contributed by atoms with Crippen molar-refractivity contribution in [1.82, 2.24) is 5.32 Å². The molecule has 0 radical (unpaired) electrons. The third kappa shape index (κ3) is 28.1. The first-order chi connectivity index (χ1) is 16.7. The van der Waals surface area contributed by atoms with Crippen molar-refractivity contribution >= 4 is 18.0 Å². The zero-order valence-corrected chi connectivity index (χ0v) is 21.3. The van der Waals surface area contributed by atoms with Crippen molar-refractivity contribution in [2.24, 2.45) is 0 Å². The molecule has 35 heavy (non-hydrogen) atoms. The van der Waals surface area contributed by atoms with E-state index in [4.69, 9.17) is 38.3 Å². The second kappa shape index (κ2) is 22.5. The van der Waals surface area contributed by atoms with E-state index in [1.54, 1.807) is 20.8 Å². The summed E-state index contributed by atoms with van der Waals surface area (Å²) in [5, 5.41) is 11.1. The molecule has 0 aliphatic carbocycles. The van der Waals surface area contributed by atoms with E-state index >= 15 is 0 Å². The highest BCUT2D eigenvalue weighted by molar-refractivity contribution is 5.69. The smallest absolute Gasteiger partial charge is 0.407 e. The van der Waals surface area contributed by atoms with Gasteiger partial charge in [-0.05, 0) is 33.6 Å². The van der Waals surface area contributed by atoms with Crippen LogP contribution < -0.4 is 5.32 Å². The quantitative estimate of drug-likeness (QED) is 0.153. The number of carbonyl (C=O) groups excluding carboxylic acids is 2. The number of aliphatic carboxylic acids is 1. The zero-order valence-electron chi connectivity index (χ0n) is 21.3. The van der Waals surface area contributed by atoms with E-state index in [-0.39, 0.29) is 32.0 Å². The van der Waals surface area contributed by atoms with Gasteiger partial charge in [0.1, 0.15) is 12.2 Å². The Morgan fingerprint density at radius 3 is 1.54 bits per heavy atom. The van der Waals surface area contributed by atoms with Gasteiger partial charge in [-0.1, -0.05) is 0 Å². The van der Waals surface area contributed by atoms with Crippen LogP contribution in [0.5, 0.6) is 0 Å². The highest BCUT2D eigenvalue weighted by Gasteiger charge is 2.15. The molecule has 0 atom stereocenters. The van der Waals surface area contributed by atoms with Crippen LogP contribution in [0.15, 0.2) is 0 Å². The topological polar surface area (TPSA) is 148 Å². The molecule has 2 N–H and O–H groups in total. The van der Waals surface area contributed by atoms with E-state index in [1.165, 1.54) is 0 Å². The van der Waals surface area contributed by atoms with E-state index in [0.29, 0.717) is 78.8 Å². The van der Waals surface area contributed by atoms with Crippen molar-refractivity contribution in [2.75, 3.05) is 79.2 Å². The first-order valence-corrected chi connectivity index (χ1v) is 11.9. The first-order valence-electron chi connectivity index (χ1n) is 11.9. The molecule has 12 heteroatoms. The summed E-state index contributed by atoms with van der Waals surface area (Å²) in [5.74, 6) is -1.22. The summed E-state index contributed by atoms with van der Waals surface area (Å²) < 4.78 is 36.9. The van der Waals surface area contributed by atoms with Crippen LogP contribution in [0.4, 0.5) is 4.79 Å². The van der Waals surface area contributed by atoms with Crippen molar-refractivity contribution in [3.05, 3.63) is 0 Å². The van der Waals surface area contributed by atoms with Crippen molar-refractivity contribution in [2.45, 2.75) is 52.1 Å². The second-order valence-corrected chi connectivity index (χ2v) is 8.31. The van der Waals surface area contributed by atoms with Crippen LogP contribution in [-0.2, 0) is 42.7 Å². The third-order valence-electron chi connectivity index (χ3n) is 3.91. The molecular formula is C23H43NO11. The number of alkyl carbamates (subject to hydrolysis) is 1. The molecule has 1 amide bonds. The number of amides is 1. The number of esters is 1. The Morgan fingerprint density at radius 2 is 1.09 bits per heavy atom. The normalized spacial score (nSPS) is 11.3. The molecule has 0 aromatic rings. The summed E-state index contributed by atoms with van der Waals surface area (Å²) in [6.07, 6.45) is 0.767. The number of carbonyl (C=O) groups is 3. The average molecular weight is 510 g/mol. The van der Waals surface area contributed by atoms with E-state index < -0.39 is 17.7 Å². The van der Waals surface area contributed by atoms with E-state index in [9.17, 15) is 14.4 Å². The minimum absolute atomic E-state index is 0.0594. The van der Waals surface area contributed by atoms with Crippen molar-refractivity contribution < 1.29 is 52.6 Å². The SMILES string of the molecule is CC(C)(C)OC(=O)NCCOCCOCCOCCOCCOCCOC(=O)CCCCC(=O)O. The maximum absolute atomic E-state index is 11.4. The van der Waals surface area contributed by atoms with E-state index in [0.717, 1.165) is 0 Å². The fourth-order valence-electron chi connectivity index (χ4n) is 2.35. The molecule has 0 aromatic carbocycles. The number of unbranched alkanes of at least 4 members (excludes halogenated alkanes) is 1. The third-order valence-corrected chi connectivity index (χ3v) is 3.91. The number of hydrogen-bond acceptors (Lipinski definition) is 10. The summed E-state index contributed by atoms with van der Waals surface area (Å²) in [4.78, 5) is 33.2. The maximum atomic E-state index is 11.4. The molecule has 0 spiro atoms. The number of hydrogen-bond donors (Lipinski definition) is 2. The van der Waals surface area contributed by atoms with Gasteiger partial charge in [-0.25, -0.2) is 4.79 Å². The van der Waals surface area contributed by atoms with Gasteiger partial charge in [0, 0.05) is 19.4 Å². The molecule has 0 heterocycles. The molecule has 0 fully saturated rings. The average Bonchev–Trinajstić information content (AvgIpc) is 2.77. The summed E-state index contributed by atoms with van der Waals surface area (Å²) in [6, 6.07) is 0. The Balaban J connectivity index is 3.20. The fourth-order valence-corrected chi connectivity index (χ4v) is 2.35. The lowest BCUT2D eigenvalue weighted by Crippen LogP contribution is -2.34. The van der Waals surface area contributed by atoms with Gasteiger partial charge < -0.3 is 43.6 Å². The fraction of sp³-hybridized carbons (Fsp3) is 0.870. The van der Waals surface area contributed by atoms with Crippen molar-refractivity contribution in [1.29, 1.82) is 0 Å². The summed E-state index contributed by atoms with van der Waals surface area (Å²) >= 11 is 0. The van der Waals surface area contributed by atoms with E-state index in [2.05, 4.69) is 5.32 Å². The van der Waals surface area contributed by atoms with Gasteiger partial charge in [0.15, 0.2) is 0 Å². The summed E-state index contributed by atoms with van der Waals surface area (Å²) in [6.45, 7) is 10.0. The molecule has 0 bridgehead atoms. The molecule has 12 nitrogen and oxygen atoms in total. The molecule has 0 rings (SSSR count). The van der Waals surface area contributed by atoms with Gasteiger partial charge in [0.2, 0.25) is 0 Å². The number of carboxylic acids is 1. The van der Waals surface area contributed by atoms with Crippen molar-refractivity contribution in [3.8, 4) is 0 Å². The predicted molar refractivity (Wildman–Crippen MR) is 125 cm³/mol. The van der Waals surface area contributed by atoms with Gasteiger partial charge >= 0.3 is 18.0 Å². The molecule has 0 saturated carbocycles. The lowest BCUT2D eigenvalue weighted by atomic mass is 10.2. The Labute approximate surface area is 207 Å². The number of nitrogens with one attached hydrogen (secondary N) is 1. The molecular weight excluding hydrogens is 466 g/mol. The highest BCUT2D eigenvalue weighted by Crippen LogP contribution is 2.06. The molecule has 0 unspecified atom stereocenters. The van der Waals surface area contributed by atoms with Crippen LogP contribution in [0, 0.1) is 0 Å². The van der Waals surface area contributed by atoms with Crippen LogP contribution in [0.25, 0.3) is 0 Å². The molecule has 0 saturated heterocycles. The predicted octanol–water partition coefficient (Wildman–Crippen LogP) is 1.78. The van der Waals surface area contributed by atoms with Crippen LogP contribution in [-0.4, -0.2) is 108 Å². The van der Waals surface area contributed by atoms with Gasteiger partial charge in [-0.3, -0.25) is 9.59 Å². The van der Waals surface area contributed by atoms with Gasteiger partial charge in [-0.15, -0.1) is 0 Å². The highest BCUT2D eigenvalue weighted by atomic mass is 16.6. The van der Waals surface area contributed by atoms with Gasteiger partial charge in [0.05, 0.1) is 66.1 Å². The lowest BCUT2D eigenvalue weighted by molar-refractivity contribution is -0.146. The molecule has 0 aliphatic rings. The summed E-state index contributed by atoms with van der Waals surface area (Å²) in [7, 11) is 0. The van der Waals surface area contributed by atoms with E-state index in [1.807, 2.05) is 0 Å². The summed E-state index contributed by atoms with van der Waals surface area (Å²) in [5.41, 5.74) is -0.518. The molecule has 0 aromatic heterocycles.